The number of sulfonamides is 1. The third-order valence-electron chi connectivity index (χ3n) is 6.34. The second-order valence-electron chi connectivity index (χ2n) is 8.99. The van der Waals surface area contributed by atoms with Gasteiger partial charge in [-0.05, 0) is 63.5 Å². The molecule has 0 saturated carbocycles. The highest BCUT2D eigenvalue weighted by molar-refractivity contribution is 7.89. The van der Waals surface area contributed by atoms with Crippen LogP contribution in [0.1, 0.15) is 48.7 Å². The summed E-state index contributed by atoms with van der Waals surface area (Å²) in [6.45, 7) is 6.84. The zero-order chi connectivity index (χ0) is 23.4. The number of hydrogen-bond donors (Lipinski definition) is 1. The molecule has 0 aromatic heterocycles. The molecule has 33 heavy (non-hydrogen) atoms. The van der Waals surface area contributed by atoms with Crippen molar-refractivity contribution in [3.8, 4) is 0 Å². The second kappa shape index (κ2) is 10.3. The fraction of sp³-hybridized carbons (Fsp3) is 0.480. The van der Waals surface area contributed by atoms with Gasteiger partial charge >= 0.3 is 0 Å². The van der Waals surface area contributed by atoms with Crippen LogP contribution >= 0.6 is 0 Å². The summed E-state index contributed by atoms with van der Waals surface area (Å²) in [6, 6.07) is 16.6. The van der Waals surface area contributed by atoms with Gasteiger partial charge in [0, 0.05) is 25.2 Å². The standard InChI is InChI=1S/C25H33N3O4S/c1-19-17-28(18-20(2)32-19)33(30,31)23-12-8-11-22(15-23)25(29)26-16-24(27-13-6-7-14-27)21-9-4-3-5-10-21/h3-5,8-12,15,19-20,24H,6-7,13-14,16-18H2,1-2H3,(H,26,29)/t19-,20-,24-/m1/s1. The van der Waals surface area contributed by atoms with Gasteiger partial charge in [-0.25, -0.2) is 8.42 Å². The molecule has 0 radical (unpaired) electrons. The van der Waals surface area contributed by atoms with E-state index in [-0.39, 0.29) is 29.1 Å². The Morgan fingerprint density at radius 3 is 2.36 bits per heavy atom. The average molecular weight is 472 g/mol. The lowest BCUT2D eigenvalue weighted by Gasteiger charge is -2.34. The molecule has 1 amide bonds. The Labute approximate surface area is 196 Å². The lowest BCUT2D eigenvalue weighted by atomic mass is 10.1. The summed E-state index contributed by atoms with van der Waals surface area (Å²) in [6.07, 6.45) is 1.98. The van der Waals surface area contributed by atoms with E-state index in [1.165, 1.54) is 15.9 Å². The molecule has 3 atom stereocenters. The molecule has 2 saturated heterocycles. The van der Waals surface area contributed by atoms with Gasteiger partial charge in [0.05, 0.1) is 23.1 Å². The van der Waals surface area contributed by atoms with Gasteiger partial charge < -0.3 is 10.1 Å². The third-order valence-corrected chi connectivity index (χ3v) is 8.17. The van der Waals surface area contributed by atoms with E-state index in [4.69, 9.17) is 4.74 Å². The van der Waals surface area contributed by atoms with Gasteiger partial charge in [0.25, 0.3) is 5.91 Å². The highest BCUT2D eigenvalue weighted by Crippen LogP contribution is 2.25. The van der Waals surface area contributed by atoms with Gasteiger partial charge in [0.1, 0.15) is 0 Å². The number of carbonyl (C=O) groups excluding carboxylic acids is 1. The molecule has 2 fully saturated rings. The number of rotatable bonds is 7. The van der Waals surface area contributed by atoms with E-state index in [1.807, 2.05) is 32.0 Å². The number of ether oxygens (including phenoxy) is 1. The Kier molecular flexibility index (Phi) is 7.48. The zero-order valence-corrected chi connectivity index (χ0v) is 20.1. The van der Waals surface area contributed by atoms with E-state index in [0.29, 0.717) is 25.2 Å². The van der Waals surface area contributed by atoms with Crippen LogP contribution in [0.3, 0.4) is 0 Å². The zero-order valence-electron chi connectivity index (χ0n) is 19.3. The van der Waals surface area contributed by atoms with Gasteiger partial charge in [-0.1, -0.05) is 36.4 Å². The molecule has 2 aliphatic heterocycles. The van der Waals surface area contributed by atoms with Crippen molar-refractivity contribution >= 4 is 15.9 Å². The molecule has 2 heterocycles. The molecule has 2 aromatic carbocycles. The van der Waals surface area contributed by atoms with Crippen LogP contribution in [-0.4, -0.2) is 68.5 Å². The Balaban J connectivity index is 1.48. The Morgan fingerprint density at radius 1 is 1.03 bits per heavy atom. The maximum Gasteiger partial charge on any atom is 0.251 e. The third kappa shape index (κ3) is 5.63. The molecule has 8 heteroatoms. The van der Waals surface area contributed by atoms with Crippen LogP contribution in [0.2, 0.25) is 0 Å². The summed E-state index contributed by atoms with van der Waals surface area (Å²) in [5.41, 5.74) is 1.52. The molecule has 0 unspecified atom stereocenters. The number of morpholine rings is 1. The molecule has 2 aromatic rings. The van der Waals surface area contributed by atoms with Crippen molar-refractivity contribution in [2.75, 3.05) is 32.7 Å². The van der Waals surface area contributed by atoms with E-state index in [2.05, 4.69) is 22.3 Å². The van der Waals surface area contributed by atoms with Crippen LogP contribution in [0.15, 0.2) is 59.5 Å². The molecule has 0 aliphatic carbocycles. The SMILES string of the molecule is C[C@@H]1CN(S(=O)(=O)c2cccc(C(=O)NC[C@H](c3ccccc3)N3CCCC3)c2)C[C@@H](C)O1. The first-order valence-electron chi connectivity index (χ1n) is 11.7. The van der Waals surface area contributed by atoms with Gasteiger partial charge in [-0.2, -0.15) is 4.31 Å². The summed E-state index contributed by atoms with van der Waals surface area (Å²) in [4.78, 5) is 15.5. The molecule has 7 nitrogen and oxygen atoms in total. The van der Waals surface area contributed by atoms with Gasteiger partial charge in [-0.15, -0.1) is 0 Å². The number of likely N-dealkylation sites (tertiary alicyclic amines) is 1. The molecular weight excluding hydrogens is 438 g/mol. The predicted molar refractivity (Wildman–Crippen MR) is 128 cm³/mol. The molecular formula is C25H33N3O4S. The molecule has 4 rings (SSSR count). The smallest absolute Gasteiger partial charge is 0.251 e. The Hall–Kier alpha value is -2.26. The minimum absolute atomic E-state index is 0.0980. The van der Waals surface area contributed by atoms with Crippen molar-refractivity contribution in [2.45, 2.75) is 49.8 Å². The van der Waals surface area contributed by atoms with Crippen molar-refractivity contribution in [1.82, 2.24) is 14.5 Å². The summed E-state index contributed by atoms with van der Waals surface area (Å²) >= 11 is 0. The van der Waals surface area contributed by atoms with Crippen LogP contribution in [0.5, 0.6) is 0 Å². The first kappa shape index (κ1) is 23.9. The minimum Gasteiger partial charge on any atom is -0.373 e. The number of nitrogens with one attached hydrogen (secondary N) is 1. The molecule has 2 aliphatic rings. The number of amides is 1. The van der Waals surface area contributed by atoms with Gasteiger partial charge in [0.15, 0.2) is 0 Å². The van der Waals surface area contributed by atoms with Crippen molar-refractivity contribution in [3.05, 3.63) is 65.7 Å². The van der Waals surface area contributed by atoms with Crippen molar-refractivity contribution in [3.63, 3.8) is 0 Å². The molecule has 1 N–H and O–H groups in total. The van der Waals surface area contributed by atoms with Crippen LogP contribution in [0, 0.1) is 0 Å². The number of nitrogens with zero attached hydrogens (tertiary/aromatic N) is 2. The largest absolute Gasteiger partial charge is 0.373 e. The highest BCUT2D eigenvalue weighted by atomic mass is 32.2. The van der Waals surface area contributed by atoms with Gasteiger partial charge in [0.2, 0.25) is 10.0 Å². The van der Waals surface area contributed by atoms with Crippen molar-refractivity contribution in [2.24, 2.45) is 0 Å². The van der Waals surface area contributed by atoms with Crippen LogP contribution in [-0.2, 0) is 14.8 Å². The number of benzene rings is 2. The van der Waals surface area contributed by atoms with E-state index in [9.17, 15) is 13.2 Å². The summed E-state index contributed by atoms with van der Waals surface area (Å²) in [5, 5.41) is 3.04. The second-order valence-corrected chi connectivity index (χ2v) is 10.9. The normalized spacial score (nSPS) is 23.3. The fourth-order valence-electron chi connectivity index (χ4n) is 4.75. The molecule has 178 valence electrons. The quantitative estimate of drug-likeness (QED) is 0.672. The number of carbonyl (C=O) groups is 1. The topological polar surface area (TPSA) is 79.0 Å². The lowest BCUT2D eigenvalue weighted by molar-refractivity contribution is -0.0440. The summed E-state index contributed by atoms with van der Waals surface area (Å²) < 4.78 is 33.5. The lowest BCUT2D eigenvalue weighted by Crippen LogP contribution is -2.48. The van der Waals surface area contributed by atoms with E-state index in [0.717, 1.165) is 25.9 Å². The fourth-order valence-corrected chi connectivity index (χ4v) is 6.39. The first-order chi connectivity index (χ1) is 15.8. The van der Waals surface area contributed by atoms with Crippen molar-refractivity contribution < 1.29 is 17.9 Å². The van der Waals surface area contributed by atoms with Crippen LogP contribution in [0.4, 0.5) is 0 Å². The highest BCUT2D eigenvalue weighted by Gasteiger charge is 2.32. The van der Waals surface area contributed by atoms with Gasteiger partial charge in [-0.3, -0.25) is 9.69 Å². The predicted octanol–water partition coefficient (Wildman–Crippen LogP) is 3.05. The van der Waals surface area contributed by atoms with Crippen LogP contribution < -0.4 is 5.32 Å². The summed E-state index contributed by atoms with van der Waals surface area (Å²) in [5.74, 6) is -0.268. The van der Waals surface area contributed by atoms with Crippen molar-refractivity contribution in [1.29, 1.82) is 0 Å². The monoisotopic (exact) mass is 471 g/mol. The Bertz CT molecular complexity index is 1040. The number of hydrogen-bond acceptors (Lipinski definition) is 5. The van der Waals surface area contributed by atoms with E-state index >= 15 is 0 Å². The first-order valence-corrected chi connectivity index (χ1v) is 13.1. The minimum atomic E-state index is -3.71. The maximum absolute atomic E-state index is 13.2. The van der Waals surface area contributed by atoms with Crippen LogP contribution in [0.25, 0.3) is 0 Å². The molecule has 0 spiro atoms. The average Bonchev–Trinajstić information content (AvgIpc) is 3.34. The Morgan fingerprint density at radius 2 is 1.70 bits per heavy atom. The van der Waals surface area contributed by atoms with E-state index in [1.54, 1.807) is 18.2 Å². The van der Waals surface area contributed by atoms with E-state index < -0.39 is 10.0 Å². The maximum atomic E-state index is 13.2. The summed E-state index contributed by atoms with van der Waals surface area (Å²) in [7, 11) is -3.71. The molecule has 0 bridgehead atoms.